The Bertz CT molecular complexity index is 172. The zero-order chi connectivity index (χ0) is 10.6. The molecule has 0 spiro atoms. The first kappa shape index (κ1) is 12.6. The largest absolute Gasteiger partial charge is 0.316 e. The third kappa shape index (κ3) is 4.83. The number of alkyl halides is 2. The maximum Gasteiger partial charge on any atom is 0.122 e. The van der Waals surface area contributed by atoms with Crippen LogP contribution >= 0.6 is 23.2 Å². The number of hydrogen-bond donors (Lipinski definition) is 2. The first-order valence-electron chi connectivity index (χ1n) is 5.34. The van der Waals surface area contributed by atoms with E-state index >= 15 is 0 Å². The van der Waals surface area contributed by atoms with Gasteiger partial charge in [-0.25, -0.2) is 0 Å². The summed E-state index contributed by atoms with van der Waals surface area (Å²) in [6, 6.07) is 0.580. The van der Waals surface area contributed by atoms with Gasteiger partial charge in [-0.3, -0.25) is 0 Å². The van der Waals surface area contributed by atoms with E-state index in [4.69, 9.17) is 23.2 Å². The fraction of sp³-hybridized carbons (Fsp3) is 1.00. The molecule has 1 atom stereocenters. The fourth-order valence-electron chi connectivity index (χ4n) is 1.37. The smallest absolute Gasteiger partial charge is 0.122 e. The SMILES string of the molecule is CC(C)NCCCNCC1CC1(Cl)Cl. The molecule has 0 aromatic carbocycles. The Morgan fingerprint density at radius 3 is 2.50 bits per heavy atom. The van der Waals surface area contributed by atoms with Gasteiger partial charge in [0.25, 0.3) is 0 Å². The lowest BCUT2D eigenvalue weighted by atomic mass is 10.3. The van der Waals surface area contributed by atoms with Gasteiger partial charge in [0.15, 0.2) is 0 Å². The second kappa shape index (κ2) is 5.55. The molecule has 0 aromatic rings. The van der Waals surface area contributed by atoms with Gasteiger partial charge < -0.3 is 10.6 Å². The van der Waals surface area contributed by atoms with Gasteiger partial charge in [-0.05, 0) is 25.9 Å². The highest BCUT2D eigenvalue weighted by Crippen LogP contribution is 2.52. The fourth-order valence-corrected chi connectivity index (χ4v) is 1.90. The summed E-state index contributed by atoms with van der Waals surface area (Å²) in [7, 11) is 0. The van der Waals surface area contributed by atoms with Gasteiger partial charge in [-0.2, -0.15) is 0 Å². The van der Waals surface area contributed by atoms with Gasteiger partial charge in [0.2, 0.25) is 0 Å². The van der Waals surface area contributed by atoms with Crippen molar-refractivity contribution in [2.75, 3.05) is 19.6 Å². The van der Waals surface area contributed by atoms with E-state index in [0.717, 1.165) is 32.5 Å². The normalized spacial score (nSPS) is 24.2. The molecule has 2 nitrogen and oxygen atoms in total. The van der Waals surface area contributed by atoms with Gasteiger partial charge in [-0.1, -0.05) is 13.8 Å². The average Bonchev–Trinajstić information content (AvgIpc) is 2.66. The molecule has 0 aromatic heterocycles. The van der Waals surface area contributed by atoms with Gasteiger partial charge in [0.05, 0.1) is 0 Å². The summed E-state index contributed by atoms with van der Waals surface area (Å²) in [6.45, 7) is 7.39. The van der Waals surface area contributed by atoms with Crippen LogP contribution in [0.2, 0.25) is 0 Å². The number of hydrogen-bond acceptors (Lipinski definition) is 2. The second-order valence-corrected chi connectivity index (χ2v) is 5.87. The molecule has 14 heavy (non-hydrogen) atoms. The van der Waals surface area contributed by atoms with Crippen LogP contribution in [0, 0.1) is 5.92 Å². The highest BCUT2D eigenvalue weighted by atomic mass is 35.5. The highest BCUT2D eigenvalue weighted by molar-refractivity contribution is 6.50. The van der Waals surface area contributed by atoms with Crippen molar-refractivity contribution in [3.63, 3.8) is 0 Å². The van der Waals surface area contributed by atoms with Gasteiger partial charge in [0, 0.05) is 18.5 Å². The molecule has 84 valence electrons. The molecule has 0 radical (unpaired) electrons. The van der Waals surface area contributed by atoms with Crippen molar-refractivity contribution in [2.45, 2.75) is 37.1 Å². The molecule has 1 saturated carbocycles. The molecular formula is C10H20Cl2N2. The molecule has 0 aliphatic heterocycles. The Labute approximate surface area is 96.7 Å². The molecule has 0 bridgehead atoms. The van der Waals surface area contributed by atoms with Crippen LogP contribution < -0.4 is 10.6 Å². The van der Waals surface area contributed by atoms with Crippen LogP contribution in [0.3, 0.4) is 0 Å². The van der Waals surface area contributed by atoms with Crippen molar-refractivity contribution < 1.29 is 0 Å². The molecule has 1 aliphatic rings. The first-order chi connectivity index (χ1) is 6.52. The summed E-state index contributed by atoms with van der Waals surface area (Å²) in [5, 5.41) is 6.74. The Morgan fingerprint density at radius 2 is 2.00 bits per heavy atom. The molecule has 0 amide bonds. The minimum atomic E-state index is -0.427. The monoisotopic (exact) mass is 238 g/mol. The van der Waals surface area contributed by atoms with Crippen LogP contribution in [0.15, 0.2) is 0 Å². The van der Waals surface area contributed by atoms with Crippen LogP contribution in [0.1, 0.15) is 26.7 Å². The van der Waals surface area contributed by atoms with Crippen LogP contribution in [0.4, 0.5) is 0 Å². The Balaban J connectivity index is 1.82. The summed E-state index contributed by atoms with van der Waals surface area (Å²) in [4.78, 5) is 0. The molecule has 4 heteroatoms. The zero-order valence-corrected chi connectivity index (χ0v) is 10.5. The molecule has 1 aliphatic carbocycles. The molecular weight excluding hydrogens is 219 g/mol. The van der Waals surface area contributed by atoms with E-state index in [1.54, 1.807) is 0 Å². The van der Waals surface area contributed by atoms with Crippen molar-refractivity contribution in [1.29, 1.82) is 0 Å². The molecule has 2 N–H and O–H groups in total. The standard InChI is InChI=1S/C10H20Cl2N2/c1-8(2)14-5-3-4-13-7-9-6-10(9,11)12/h8-9,13-14H,3-7H2,1-2H3. The summed E-state index contributed by atoms with van der Waals surface area (Å²) in [5.74, 6) is 0.462. The summed E-state index contributed by atoms with van der Waals surface area (Å²) < 4.78 is -0.427. The molecule has 0 saturated heterocycles. The van der Waals surface area contributed by atoms with E-state index in [2.05, 4.69) is 24.5 Å². The van der Waals surface area contributed by atoms with Gasteiger partial charge in [-0.15, -0.1) is 23.2 Å². The van der Waals surface area contributed by atoms with Crippen LogP contribution in [0.5, 0.6) is 0 Å². The third-order valence-corrected chi connectivity index (χ3v) is 3.36. The molecule has 1 rings (SSSR count). The van der Waals surface area contributed by atoms with Crippen molar-refractivity contribution in [2.24, 2.45) is 5.92 Å². The molecule has 1 fully saturated rings. The summed E-state index contributed by atoms with van der Waals surface area (Å²) in [5.41, 5.74) is 0. The minimum absolute atomic E-state index is 0.427. The number of rotatable bonds is 7. The maximum absolute atomic E-state index is 5.90. The lowest BCUT2D eigenvalue weighted by molar-refractivity contribution is 0.540. The van der Waals surface area contributed by atoms with Crippen molar-refractivity contribution in [1.82, 2.24) is 10.6 Å². The van der Waals surface area contributed by atoms with E-state index in [-0.39, 0.29) is 0 Å². The molecule has 1 unspecified atom stereocenters. The summed E-state index contributed by atoms with van der Waals surface area (Å²) in [6.07, 6.45) is 2.09. The predicted molar refractivity (Wildman–Crippen MR) is 63.2 cm³/mol. The van der Waals surface area contributed by atoms with Gasteiger partial charge >= 0.3 is 0 Å². The van der Waals surface area contributed by atoms with Crippen molar-refractivity contribution >= 4 is 23.2 Å². The van der Waals surface area contributed by atoms with E-state index in [9.17, 15) is 0 Å². The second-order valence-electron chi connectivity index (χ2n) is 4.33. The minimum Gasteiger partial charge on any atom is -0.316 e. The highest BCUT2D eigenvalue weighted by Gasteiger charge is 2.50. The molecule has 0 heterocycles. The zero-order valence-electron chi connectivity index (χ0n) is 8.95. The van der Waals surface area contributed by atoms with E-state index in [1.165, 1.54) is 0 Å². The average molecular weight is 239 g/mol. The lowest BCUT2D eigenvalue weighted by Crippen LogP contribution is -2.27. The lowest BCUT2D eigenvalue weighted by Gasteiger charge is -2.08. The predicted octanol–water partition coefficient (Wildman–Crippen LogP) is 2.16. The Morgan fingerprint density at radius 1 is 1.36 bits per heavy atom. The quantitative estimate of drug-likeness (QED) is 0.525. The van der Waals surface area contributed by atoms with Gasteiger partial charge in [0.1, 0.15) is 4.33 Å². The van der Waals surface area contributed by atoms with Crippen molar-refractivity contribution in [3.05, 3.63) is 0 Å². The van der Waals surface area contributed by atoms with E-state index < -0.39 is 4.33 Å². The Hall–Kier alpha value is 0.500. The number of nitrogens with one attached hydrogen (secondary N) is 2. The third-order valence-electron chi connectivity index (χ3n) is 2.43. The van der Waals surface area contributed by atoms with Crippen LogP contribution in [-0.4, -0.2) is 30.0 Å². The maximum atomic E-state index is 5.90. The summed E-state index contributed by atoms with van der Waals surface area (Å²) >= 11 is 11.8. The topological polar surface area (TPSA) is 24.1 Å². The Kier molecular flexibility index (Phi) is 4.98. The number of halogens is 2. The first-order valence-corrected chi connectivity index (χ1v) is 6.10. The van der Waals surface area contributed by atoms with Crippen LogP contribution in [-0.2, 0) is 0 Å². The van der Waals surface area contributed by atoms with Crippen LogP contribution in [0.25, 0.3) is 0 Å². The van der Waals surface area contributed by atoms with E-state index in [1.807, 2.05) is 0 Å². The van der Waals surface area contributed by atoms with E-state index in [0.29, 0.717) is 12.0 Å². The van der Waals surface area contributed by atoms with Crippen molar-refractivity contribution in [3.8, 4) is 0 Å².